The van der Waals surface area contributed by atoms with Crippen molar-refractivity contribution in [2.45, 2.75) is 45.8 Å². The van der Waals surface area contributed by atoms with Crippen LogP contribution in [-0.2, 0) is 16.1 Å². The van der Waals surface area contributed by atoms with Crippen molar-refractivity contribution in [1.82, 2.24) is 10.2 Å². The summed E-state index contributed by atoms with van der Waals surface area (Å²) in [4.78, 5) is 27.1. The van der Waals surface area contributed by atoms with E-state index in [4.69, 9.17) is 27.9 Å². The first-order valence-corrected chi connectivity index (χ1v) is 10.3. The first-order chi connectivity index (χ1) is 13.8. The van der Waals surface area contributed by atoms with E-state index in [-0.39, 0.29) is 31.0 Å². The Bertz CT molecular complexity index is 827. The first-order valence-electron chi connectivity index (χ1n) is 9.52. The van der Waals surface area contributed by atoms with E-state index >= 15 is 0 Å². The predicted octanol–water partition coefficient (Wildman–Crippen LogP) is 4.70. The SMILES string of the molecule is CC[C@@H](C)NC(=O)[C@@H](C)N(Cc1ccc(Cl)cc1)C(=O)COc1cccc(Cl)c1. The Labute approximate surface area is 181 Å². The van der Waals surface area contributed by atoms with Gasteiger partial charge in [0.25, 0.3) is 5.91 Å². The molecule has 0 aliphatic rings. The molecule has 2 aromatic carbocycles. The summed E-state index contributed by atoms with van der Waals surface area (Å²) >= 11 is 11.9. The Hall–Kier alpha value is -2.24. The molecule has 0 fully saturated rings. The number of benzene rings is 2. The van der Waals surface area contributed by atoms with Crippen molar-refractivity contribution in [3.8, 4) is 5.75 Å². The molecule has 0 unspecified atom stereocenters. The predicted molar refractivity (Wildman–Crippen MR) is 116 cm³/mol. The van der Waals surface area contributed by atoms with E-state index in [1.165, 1.54) is 4.90 Å². The second-order valence-corrected chi connectivity index (χ2v) is 7.76. The van der Waals surface area contributed by atoms with Crippen LogP contribution >= 0.6 is 23.2 Å². The van der Waals surface area contributed by atoms with Gasteiger partial charge in [-0.2, -0.15) is 0 Å². The molecule has 156 valence electrons. The van der Waals surface area contributed by atoms with Crippen molar-refractivity contribution >= 4 is 35.0 Å². The lowest BCUT2D eigenvalue weighted by Gasteiger charge is -2.29. The molecule has 0 saturated heterocycles. The maximum absolute atomic E-state index is 12.9. The number of nitrogens with zero attached hydrogens (tertiary/aromatic N) is 1. The summed E-state index contributed by atoms with van der Waals surface area (Å²) in [5.41, 5.74) is 0.869. The van der Waals surface area contributed by atoms with Crippen LogP contribution in [0.5, 0.6) is 5.75 Å². The first kappa shape index (κ1) is 23.0. The summed E-state index contributed by atoms with van der Waals surface area (Å²) in [5, 5.41) is 4.06. The standard InChI is InChI=1S/C22H26Cl2N2O3/c1-4-15(2)25-22(28)16(3)26(13-17-8-10-18(23)11-9-17)21(27)14-29-20-7-5-6-19(24)12-20/h5-12,15-16H,4,13-14H2,1-3H3,(H,25,28)/t15-,16-/m1/s1. The number of amides is 2. The summed E-state index contributed by atoms with van der Waals surface area (Å²) < 4.78 is 5.59. The van der Waals surface area contributed by atoms with Gasteiger partial charge >= 0.3 is 0 Å². The number of hydrogen-bond donors (Lipinski definition) is 1. The van der Waals surface area contributed by atoms with Gasteiger partial charge in [-0.15, -0.1) is 0 Å². The van der Waals surface area contributed by atoms with Crippen molar-refractivity contribution < 1.29 is 14.3 Å². The highest BCUT2D eigenvalue weighted by atomic mass is 35.5. The third-order valence-electron chi connectivity index (χ3n) is 4.59. The topological polar surface area (TPSA) is 58.6 Å². The van der Waals surface area contributed by atoms with Crippen molar-refractivity contribution in [3.63, 3.8) is 0 Å². The van der Waals surface area contributed by atoms with Gasteiger partial charge in [0.05, 0.1) is 0 Å². The molecule has 0 saturated carbocycles. The monoisotopic (exact) mass is 436 g/mol. The van der Waals surface area contributed by atoms with Gasteiger partial charge in [-0.3, -0.25) is 9.59 Å². The van der Waals surface area contributed by atoms with E-state index in [1.807, 2.05) is 26.0 Å². The molecule has 0 aromatic heterocycles. The maximum atomic E-state index is 12.9. The van der Waals surface area contributed by atoms with Crippen molar-refractivity contribution in [2.75, 3.05) is 6.61 Å². The highest BCUT2D eigenvalue weighted by Gasteiger charge is 2.27. The molecule has 0 heterocycles. The molecule has 2 amide bonds. The second-order valence-electron chi connectivity index (χ2n) is 6.89. The van der Waals surface area contributed by atoms with Gasteiger partial charge in [0, 0.05) is 22.6 Å². The van der Waals surface area contributed by atoms with E-state index in [2.05, 4.69) is 5.32 Å². The van der Waals surface area contributed by atoms with Gasteiger partial charge < -0.3 is 15.0 Å². The molecule has 0 aliphatic carbocycles. The van der Waals surface area contributed by atoms with E-state index in [0.29, 0.717) is 15.8 Å². The van der Waals surface area contributed by atoms with Gasteiger partial charge in [-0.05, 0) is 56.2 Å². The highest BCUT2D eigenvalue weighted by molar-refractivity contribution is 6.30. The summed E-state index contributed by atoms with van der Waals surface area (Å²) in [6.45, 7) is 5.70. The van der Waals surface area contributed by atoms with Crippen LogP contribution in [0.2, 0.25) is 10.0 Å². The van der Waals surface area contributed by atoms with Crippen LogP contribution in [0.25, 0.3) is 0 Å². The summed E-state index contributed by atoms with van der Waals surface area (Å²) in [6.07, 6.45) is 0.807. The van der Waals surface area contributed by atoms with Crippen LogP contribution in [0.4, 0.5) is 0 Å². The Morgan fingerprint density at radius 2 is 1.76 bits per heavy atom. The number of rotatable bonds is 9. The van der Waals surface area contributed by atoms with E-state index in [9.17, 15) is 9.59 Å². The quantitative estimate of drug-likeness (QED) is 0.619. The molecule has 1 N–H and O–H groups in total. The molecule has 0 spiro atoms. The van der Waals surface area contributed by atoms with Crippen LogP contribution < -0.4 is 10.1 Å². The molecule has 5 nitrogen and oxygen atoms in total. The van der Waals surface area contributed by atoms with Crippen molar-refractivity contribution in [1.29, 1.82) is 0 Å². The smallest absolute Gasteiger partial charge is 0.261 e. The molecule has 2 rings (SSSR count). The molecule has 0 radical (unpaired) electrons. The minimum Gasteiger partial charge on any atom is -0.484 e. The van der Waals surface area contributed by atoms with Crippen LogP contribution in [0.1, 0.15) is 32.8 Å². The van der Waals surface area contributed by atoms with E-state index < -0.39 is 6.04 Å². The zero-order valence-electron chi connectivity index (χ0n) is 16.8. The maximum Gasteiger partial charge on any atom is 0.261 e. The molecule has 29 heavy (non-hydrogen) atoms. The van der Waals surface area contributed by atoms with Crippen LogP contribution in [0.3, 0.4) is 0 Å². The number of nitrogens with one attached hydrogen (secondary N) is 1. The summed E-state index contributed by atoms with van der Waals surface area (Å²) in [5.74, 6) is -0.00912. The van der Waals surface area contributed by atoms with Gasteiger partial charge in [-0.25, -0.2) is 0 Å². The Morgan fingerprint density at radius 1 is 1.07 bits per heavy atom. The normalized spacial score (nSPS) is 12.7. The second kappa shape index (κ2) is 11.1. The van der Waals surface area contributed by atoms with Crippen LogP contribution in [0.15, 0.2) is 48.5 Å². The molecule has 7 heteroatoms. The minimum absolute atomic E-state index is 0.0279. The lowest BCUT2D eigenvalue weighted by atomic mass is 10.1. The molecule has 0 aliphatic heterocycles. The number of hydrogen-bond acceptors (Lipinski definition) is 3. The van der Waals surface area contributed by atoms with Crippen molar-refractivity contribution in [2.24, 2.45) is 0 Å². The third kappa shape index (κ3) is 7.26. The Morgan fingerprint density at radius 3 is 2.38 bits per heavy atom. The van der Waals surface area contributed by atoms with Gasteiger partial charge in [0.2, 0.25) is 5.91 Å². The van der Waals surface area contributed by atoms with Crippen LogP contribution in [-0.4, -0.2) is 35.4 Å². The summed E-state index contributed by atoms with van der Waals surface area (Å²) in [6, 6.07) is 13.4. The fraction of sp³-hybridized carbons (Fsp3) is 0.364. The average molecular weight is 437 g/mol. The molecular weight excluding hydrogens is 411 g/mol. The van der Waals surface area contributed by atoms with Crippen LogP contribution in [0, 0.1) is 0 Å². The zero-order chi connectivity index (χ0) is 21.4. The lowest BCUT2D eigenvalue weighted by Crippen LogP contribution is -2.50. The third-order valence-corrected chi connectivity index (χ3v) is 5.08. The molecule has 0 bridgehead atoms. The van der Waals surface area contributed by atoms with Gasteiger partial charge in [0.15, 0.2) is 6.61 Å². The molecule has 2 aromatic rings. The molecule has 2 atom stereocenters. The number of ether oxygens (including phenoxy) is 1. The molecular formula is C22H26Cl2N2O3. The lowest BCUT2D eigenvalue weighted by molar-refractivity contribution is -0.142. The number of halogens is 2. The average Bonchev–Trinajstić information content (AvgIpc) is 2.71. The fourth-order valence-corrected chi connectivity index (χ4v) is 2.93. The largest absolute Gasteiger partial charge is 0.484 e. The number of carbonyl (C=O) groups excluding carboxylic acids is 2. The minimum atomic E-state index is -0.657. The zero-order valence-corrected chi connectivity index (χ0v) is 18.3. The van der Waals surface area contributed by atoms with E-state index in [0.717, 1.165) is 12.0 Å². The fourth-order valence-electron chi connectivity index (χ4n) is 2.62. The van der Waals surface area contributed by atoms with E-state index in [1.54, 1.807) is 43.3 Å². The Balaban J connectivity index is 2.14. The summed E-state index contributed by atoms with van der Waals surface area (Å²) in [7, 11) is 0. The Kier molecular flexibility index (Phi) is 8.80. The number of carbonyl (C=O) groups is 2. The highest BCUT2D eigenvalue weighted by Crippen LogP contribution is 2.18. The van der Waals surface area contributed by atoms with Crippen molar-refractivity contribution in [3.05, 3.63) is 64.1 Å². The van der Waals surface area contributed by atoms with Gasteiger partial charge in [0.1, 0.15) is 11.8 Å². The van der Waals surface area contributed by atoms with Gasteiger partial charge in [-0.1, -0.05) is 48.3 Å².